The number of fused-ring (bicyclic) bond motifs is 5. The van der Waals surface area contributed by atoms with Crippen LogP contribution in [-0.4, -0.2) is 39.5 Å². The molecule has 4 saturated carbocycles. The molecule has 0 spiro atoms. The molecule has 4 aliphatic rings. The molecular formula is C27H39N3O3. The van der Waals surface area contributed by atoms with Crippen LogP contribution >= 0.6 is 0 Å². The normalized spacial score (nSPS) is 42.1. The van der Waals surface area contributed by atoms with Gasteiger partial charge in [-0.25, -0.2) is 4.85 Å². The lowest BCUT2D eigenvalue weighted by atomic mass is 9.49. The van der Waals surface area contributed by atoms with Crippen LogP contribution in [0.4, 0.5) is 5.69 Å². The van der Waals surface area contributed by atoms with Gasteiger partial charge in [-0.2, -0.15) is 5.10 Å². The Balaban J connectivity index is 1.26. The first-order valence-electron chi connectivity index (χ1n) is 13.1. The summed E-state index contributed by atoms with van der Waals surface area (Å²) in [5, 5.41) is 15.3. The molecule has 4 aliphatic carbocycles. The number of nitrogens with zero attached hydrogens (tertiary/aromatic N) is 3. The van der Waals surface area contributed by atoms with Gasteiger partial charge in [-0.1, -0.05) is 6.92 Å². The highest BCUT2D eigenvalue weighted by Crippen LogP contribution is 2.64. The average molecular weight is 454 g/mol. The minimum Gasteiger partial charge on any atom is -0.387 e. The van der Waals surface area contributed by atoms with Gasteiger partial charge in [0.1, 0.15) is 0 Å². The summed E-state index contributed by atoms with van der Waals surface area (Å²) in [5.74, 6) is 3.92. The molecule has 8 atom stereocenters. The summed E-state index contributed by atoms with van der Waals surface area (Å²) in [7, 11) is 0. The van der Waals surface area contributed by atoms with E-state index >= 15 is 0 Å². The lowest BCUT2D eigenvalue weighted by Gasteiger charge is -2.57. The molecule has 1 aromatic heterocycles. The van der Waals surface area contributed by atoms with E-state index in [1.165, 1.54) is 25.7 Å². The van der Waals surface area contributed by atoms with Gasteiger partial charge in [0.25, 0.3) is 0 Å². The molecule has 5 rings (SSSR count). The number of hydrogen-bond acceptors (Lipinski definition) is 4. The van der Waals surface area contributed by atoms with Crippen LogP contribution in [-0.2, 0) is 16.1 Å². The zero-order valence-corrected chi connectivity index (χ0v) is 20.2. The SMILES string of the molecule is [C-]#[N+]c1cnn(CC(=O)[C@H]2CC[C@H]3[C@@H]4CC[C@H]5C[C@@](O)(COCC)CC[C@@H]5[C@H]4CC[C@]23C)c1. The molecule has 1 aromatic rings. The standard InChI is InChI=1S/C27H39N3O3/c1-4-33-17-27(32)12-10-20-18(13-27)5-6-22-21(20)9-11-26(2)23(22)7-8-24(26)25(31)16-30-15-19(28-3)14-29-30/h14-15,18,20-24,32H,4-13,16-17H2,1-2H3/t18-,20-,21+,22+,23-,24+,26-,27+/m0/s1. The Morgan fingerprint density at radius 2 is 2.03 bits per heavy atom. The van der Waals surface area contributed by atoms with Gasteiger partial charge in [0.05, 0.1) is 31.5 Å². The van der Waals surface area contributed by atoms with Gasteiger partial charge < -0.3 is 9.84 Å². The molecule has 0 saturated heterocycles. The Kier molecular flexibility index (Phi) is 6.16. The lowest BCUT2D eigenvalue weighted by Crippen LogP contribution is -2.52. The minimum absolute atomic E-state index is 0.102. The van der Waals surface area contributed by atoms with Crippen LogP contribution in [0.25, 0.3) is 4.85 Å². The molecule has 33 heavy (non-hydrogen) atoms. The zero-order valence-electron chi connectivity index (χ0n) is 20.2. The van der Waals surface area contributed by atoms with Gasteiger partial charge in [0.15, 0.2) is 5.78 Å². The lowest BCUT2D eigenvalue weighted by molar-refractivity contribution is -0.138. The first kappa shape index (κ1) is 23.1. The fraction of sp³-hybridized carbons (Fsp3) is 0.815. The maximum Gasteiger partial charge on any atom is 0.224 e. The van der Waals surface area contributed by atoms with E-state index in [1.54, 1.807) is 17.1 Å². The van der Waals surface area contributed by atoms with Gasteiger partial charge in [-0.05, 0) is 99.7 Å². The van der Waals surface area contributed by atoms with Crippen molar-refractivity contribution < 1.29 is 14.6 Å². The third-order valence-corrected chi connectivity index (χ3v) is 10.1. The number of Topliss-reactive ketones (excluding diaryl/α,β-unsaturated/α-hetero) is 1. The molecule has 4 fully saturated rings. The van der Waals surface area contributed by atoms with E-state index < -0.39 is 5.60 Å². The van der Waals surface area contributed by atoms with E-state index in [4.69, 9.17) is 11.3 Å². The number of hydrogen-bond donors (Lipinski definition) is 1. The fourth-order valence-corrected chi connectivity index (χ4v) is 8.68. The molecular weight excluding hydrogens is 414 g/mol. The predicted molar refractivity (Wildman–Crippen MR) is 126 cm³/mol. The quantitative estimate of drug-likeness (QED) is 0.613. The molecule has 0 unspecified atom stereocenters. The predicted octanol–water partition coefficient (Wildman–Crippen LogP) is 5.04. The van der Waals surface area contributed by atoms with Gasteiger partial charge >= 0.3 is 0 Å². The second kappa shape index (κ2) is 8.82. The molecule has 0 bridgehead atoms. The van der Waals surface area contributed by atoms with Crippen molar-refractivity contribution in [3.05, 3.63) is 23.8 Å². The van der Waals surface area contributed by atoms with E-state index in [0.29, 0.717) is 43.1 Å². The Labute approximate surface area is 197 Å². The van der Waals surface area contributed by atoms with Crippen LogP contribution in [0, 0.1) is 47.5 Å². The fourth-order valence-electron chi connectivity index (χ4n) is 8.68. The van der Waals surface area contributed by atoms with Crippen molar-refractivity contribution in [1.29, 1.82) is 0 Å². The molecule has 180 valence electrons. The van der Waals surface area contributed by atoms with Crippen LogP contribution < -0.4 is 0 Å². The highest BCUT2D eigenvalue weighted by atomic mass is 16.5. The topological polar surface area (TPSA) is 68.7 Å². The molecule has 1 heterocycles. The Hall–Kier alpha value is -1.71. The summed E-state index contributed by atoms with van der Waals surface area (Å²) in [4.78, 5) is 16.8. The molecule has 0 aliphatic heterocycles. The number of aliphatic hydroxyl groups is 1. The summed E-state index contributed by atoms with van der Waals surface area (Å²) >= 11 is 0. The molecule has 6 heteroatoms. The second-order valence-electron chi connectivity index (χ2n) is 11.7. The van der Waals surface area contributed by atoms with Crippen LogP contribution in [0.5, 0.6) is 0 Å². The third kappa shape index (κ3) is 4.06. The number of ether oxygens (including phenoxy) is 1. The van der Waals surface area contributed by atoms with Crippen LogP contribution in [0.1, 0.15) is 71.6 Å². The zero-order chi connectivity index (χ0) is 23.2. The van der Waals surface area contributed by atoms with E-state index in [9.17, 15) is 9.90 Å². The molecule has 0 aromatic carbocycles. The van der Waals surface area contributed by atoms with Crippen LogP contribution in [0.3, 0.4) is 0 Å². The van der Waals surface area contributed by atoms with E-state index in [1.807, 2.05) is 6.92 Å². The van der Waals surface area contributed by atoms with Gasteiger partial charge in [-0.3, -0.25) is 9.48 Å². The smallest absolute Gasteiger partial charge is 0.224 e. The van der Waals surface area contributed by atoms with E-state index in [2.05, 4.69) is 16.9 Å². The molecule has 0 radical (unpaired) electrons. The van der Waals surface area contributed by atoms with Crippen LogP contribution in [0.2, 0.25) is 0 Å². The summed E-state index contributed by atoms with van der Waals surface area (Å²) in [6.07, 6.45) is 13.2. The number of rotatable bonds is 6. The van der Waals surface area contributed by atoms with Crippen molar-refractivity contribution in [2.45, 2.75) is 83.8 Å². The summed E-state index contributed by atoms with van der Waals surface area (Å²) in [6, 6.07) is 0. The van der Waals surface area contributed by atoms with Crippen LogP contribution in [0.15, 0.2) is 12.4 Å². The molecule has 6 nitrogen and oxygen atoms in total. The number of aromatic nitrogens is 2. The molecule has 0 amide bonds. The maximum absolute atomic E-state index is 13.3. The largest absolute Gasteiger partial charge is 0.387 e. The van der Waals surface area contributed by atoms with Crippen molar-refractivity contribution in [3.63, 3.8) is 0 Å². The van der Waals surface area contributed by atoms with Crippen molar-refractivity contribution >= 4 is 11.5 Å². The highest BCUT2D eigenvalue weighted by Gasteiger charge is 2.59. The van der Waals surface area contributed by atoms with E-state index in [-0.39, 0.29) is 11.3 Å². The monoisotopic (exact) mass is 453 g/mol. The average Bonchev–Trinajstić information content (AvgIpc) is 3.40. The van der Waals surface area contributed by atoms with E-state index in [0.717, 1.165) is 49.9 Å². The maximum atomic E-state index is 13.3. The van der Waals surface area contributed by atoms with Gasteiger partial charge in [0, 0.05) is 18.7 Å². The minimum atomic E-state index is -0.627. The van der Waals surface area contributed by atoms with Gasteiger partial charge in [-0.15, -0.1) is 0 Å². The van der Waals surface area contributed by atoms with Crippen molar-refractivity contribution in [3.8, 4) is 0 Å². The highest BCUT2D eigenvalue weighted by molar-refractivity contribution is 5.82. The summed E-state index contributed by atoms with van der Waals surface area (Å²) < 4.78 is 7.26. The molecule has 1 N–H and O–H groups in total. The number of ketones is 1. The van der Waals surface area contributed by atoms with Crippen molar-refractivity contribution in [1.82, 2.24) is 9.78 Å². The Morgan fingerprint density at radius 1 is 1.21 bits per heavy atom. The third-order valence-electron chi connectivity index (χ3n) is 10.1. The number of carbonyl (C=O) groups is 1. The summed E-state index contributed by atoms with van der Waals surface area (Å²) in [5.41, 5.74) is -0.0284. The number of carbonyl (C=O) groups excluding carboxylic acids is 1. The Bertz CT molecular complexity index is 922. The van der Waals surface area contributed by atoms with Gasteiger partial charge in [0.2, 0.25) is 5.69 Å². The second-order valence-corrected chi connectivity index (χ2v) is 11.7. The first-order chi connectivity index (χ1) is 15.9. The van der Waals surface area contributed by atoms with Crippen molar-refractivity contribution in [2.75, 3.05) is 13.2 Å². The van der Waals surface area contributed by atoms with Crippen molar-refractivity contribution in [2.24, 2.45) is 40.9 Å². The first-order valence-corrected chi connectivity index (χ1v) is 13.1. The Morgan fingerprint density at radius 3 is 2.79 bits per heavy atom. The summed E-state index contributed by atoms with van der Waals surface area (Å²) in [6.45, 7) is 13.0.